The zero-order valence-electron chi connectivity index (χ0n) is 10.8. The highest BCUT2D eigenvalue weighted by molar-refractivity contribution is 5.94. The van der Waals surface area contributed by atoms with E-state index in [1.807, 2.05) is 17.7 Å². The minimum atomic E-state index is -0.495. The van der Waals surface area contributed by atoms with Gasteiger partial charge in [-0.15, -0.1) is 0 Å². The largest absolute Gasteiger partial charge is 0.352 e. The van der Waals surface area contributed by atoms with E-state index in [2.05, 4.69) is 10.3 Å². The summed E-state index contributed by atoms with van der Waals surface area (Å²) in [5.41, 5.74) is 0.0845. The zero-order valence-corrected chi connectivity index (χ0v) is 10.8. The van der Waals surface area contributed by atoms with E-state index in [9.17, 15) is 9.18 Å². The summed E-state index contributed by atoms with van der Waals surface area (Å²) in [5.74, 6) is 0.0753. The van der Waals surface area contributed by atoms with Crippen molar-refractivity contribution in [3.05, 3.63) is 53.9 Å². The molecule has 0 saturated carbocycles. The molecule has 2 aromatic rings. The topological polar surface area (TPSA) is 46.9 Å². The summed E-state index contributed by atoms with van der Waals surface area (Å²) in [5, 5.41) is 2.71. The van der Waals surface area contributed by atoms with Gasteiger partial charge in [0.15, 0.2) is 0 Å². The molecule has 0 fully saturated rings. The highest BCUT2D eigenvalue weighted by Gasteiger charge is 2.09. The molecule has 0 unspecified atom stereocenters. The first-order valence-electron chi connectivity index (χ1n) is 6.19. The number of rotatable bonds is 5. The van der Waals surface area contributed by atoms with Crippen LogP contribution in [0, 0.1) is 12.7 Å². The summed E-state index contributed by atoms with van der Waals surface area (Å²) in [6, 6.07) is 5.97. The predicted octanol–water partition coefficient (Wildman–Crippen LogP) is 2.15. The summed E-state index contributed by atoms with van der Waals surface area (Å²) in [4.78, 5) is 15.8. The number of halogens is 1. The molecule has 1 N–H and O–H groups in total. The average Bonchev–Trinajstić information content (AvgIpc) is 2.80. The van der Waals surface area contributed by atoms with Crippen LogP contribution in [0.2, 0.25) is 0 Å². The Bertz CT molecular complexity index is 565. The van der Waals surface area contributed by atoms with Crippen molar-refractivity contribution in [1.82, 2.24) is 14.9 Å². The number of nitrogens with one attached hydrogen (secondary N) is 1. The Kier molecular flexibility index (Phi) is 4.28. The van der Waals surface area contributed by atoms with Crippen molar-refractivity contribution < 1.29 is 9.18 Å². The first-order valence-corrected chi connectivity index (χ1v) is 6.19. The SMILES string of the molecule is Cc1nccn1CCCNC(=O)c1ccccc1F. The van der Waals surface area contributed by atoms with E-state index in [1.165, 1.54) is 12.1 Å². The molecule has 0 aliphatic rings. The predicted molar refractivity (Wildman–Crippen MR) is 70.3 cm³/mol. The quantitative estimate of drug-likeness (QED) is 0.838. The van der Waals surface area contributed by atoms with Crippen molar-refractivity contribution >= 4 is 5.91 Å². The molecule has 0 aliphatic carbocycles. The molecule has 4 nitrogen and oxygen atoms in total. The molecule has 1 amide bonds. The molecule has 0 spiro atoms. The van der Waals surface area contributed by atoms with E-state index in [-0.39, 0.29) is 11.5 Å². The van der Waals surface area contributed by atoms with Crippen LogP contribution >= 0.6 is 0 Å². The number of carbonyl (C=O) groups excluding carboxylic acids is 1. The van der Waals surface area contributed by atoms with E-state index in [0.717, 1.165) is 18.8 Å². The summed E-state index contributed by atoms with van der Waals surface area (Å²) in [6.45, 7) is 3.21. The number of benzene rings is 1. The van der Waals surface area contributed by atoms with Gasteiger partial charge < -0.3 is 9.88 Å². The fourth-order valence-corrected chi connectivity index (χ4v) is 1.83. The summed E-state index contributed by atoms with van der Waals surface area (Å²) in [6.07, 6.45) is 4.42. The lowest BCUT2D eigenvalue weighted by Crippen LogP contribution is -2.26. The Balaban J connectivity index is 1.79. The van der Waals surface area contributed by atoms with Crippen LogP contribution in [-0.2, 0) is 6.54 Å². The van der Waals surface area contributed by atoms with Gasteiger partial charge in [-0.05, 0) is 25.5 Å². The van der Waals surface area contributed by atoms with Crippen LogP contribution in [0.4, 0.5) is 4.39 Å². The lowest BCUT2D eigenvalue weighted by atomic mass is 10.2. The van der Waals surface area contributed by atoms with Gasteiger partial charge in [-0.2, -0.15) is 0 Å². The van der Waals surface area contributed by atoms with Crippen molar-refractivity contribution in [3.63, 3.8) is 0 Å². The second-order valence-corrected chi connectivity index (χ2v) is 4.26. The lowest BCUT2D eigenvalue weighted by Gasteiger charge is -2.07. The van der Waals surface area contributed by atoms with Gasteiger partial charge in [0.05, 0.1) is 5.56 Å². The number of amides is 1. The van der Waals surface area contributed by atoms with Crippen molar-refractivity contribution in [2.24, 2.45) is 0 Å². The molecular formula is C14H16FN3O. The second kappa shape index (κ2) is 6.13. The Labute approximate surface area is 111 Å². The third kappa shape index (κ3) is 3.40. The first kappa shape index (κ1) is 13.3. The van der Waals surface area contributed by atoms with Crippen LogP contribution in [0.25, 0.3) is 0 Å². The van der Waals surface area contributed by atoms with E-state index >= 15 is 0 Å². The van der Waals surface area contributed by atoms with E-state index in [1.54, 1.807) is 18.3 Å². The average molecular weight is 261 g/mol. The maximum absolute atomic E-state index is 13.4. The van der Waals surface area contributed by atoms with Gasteiger partial charge in [0, 0.05) is 25.5 Å². The molecule has 0 bridgehead atoms. The zero-order chi connectivity index (χ0) is 13.7. The smallest absolute Gasteiger partial charge is 0.254 e. The standard InChI is InChI=1S/C14H16FN3O/c1-11-16-8-10-18(11)9-4-7-17-14(19)12-5-2-3-6-13(12)15/h2-3,5-6,8,10H,4,7,9H2,1H3,(H,17,19). The molecule has 5 heteroatoms. The van der Waals surface area contributed by atoms with Crippen LogP contribution in [0.5, 0.6) is 0 Å². The number of hydrogen-bond acceptors (Lipinski definition) is 2. The molecule has 1 aromatic heterocycles. The molecule has 100 valence electrons. The van der Waals surface area contributed by atoms with Gasteiger partial charge in [0.1, 0.15) is 11.6 Å². The van der Waals surface area contributed by atoms with Gasteiger partial charge in [-0.25, -0.2) is 9.37 Å². The minimum absolute atomic E-state index is 0.0845. The lowest BCUT2D eigenvalue weighted by molar-refractivity contribution is 0.0948. The molecule has 0 atom stereocenters. The Morgan fingerprint density at radius 1 is 1.42 bits per heavy atom. The van der Waals surface area contributed by atoms with Gasteiger partial charge in [0.25, 0.3) is 5.91 Å². The van der Waals surface area contributed by atoms with Crippen molar-refractivity contribution in [2.45, 2.75) is 19.9 Å². The second-order valence-electron chi connectivity index (χ2n) is 4.26. The Morgan fingerprint density at radius 3 is 2.89 bits per heavy atom. The van der Waals surface area contributed by atoms with Crippen molar-refractivity contribution in [2.75, 3.05) is 6.54 Å². The fraction of sp³-hybridized carbons (Fsp3) is 0.286. The summed E-state index contributed by atoms with van der Waals surface area (Å²) < 4.78 is 15.4. The first-order chi connectivity index (χ1) is 9.18. The molecule has 0 aliphatic heterocycles. The van der Waals surface area contributed by atoms with Crippen molar-refractivity contribution in [3.8, 4) is 0 Å². The Hall–Kier alpha value is -2.17. The third-order valence-electron chi connectivity index (χ3n) is 2.90. The number of nitrogens with zero attached hydrogens (tertiary/aromatic N) is 2. The number of aromatic nitrogens is 2. The maximum Gasteiger partial charge on any atom is 0.254 e. The monoisotopic (exact) mass is 261 g/mol. The molecule has 2 rings (SSSR count). The van der Waals surface area contributed by atoms with Crippen LogP contribution < -0.4 is 5.32 Å². The van der Waals surface area contributed by atoms with E-state index < -0.39 is 5.82 Å². The number of aryl methyl sites for hydroxylation is 2. The van der Waals surface area contributed by atoms with E-state index in [4.69, 9.17) is 0 Å². The highest BCUT2D eigenvalue weighted by atomic mass is 19.1. The molecule has 1 heterocycles. The number of imidazole rings is 1. The molecule has 1 aromatic carbocycles. The Morgan fingerprint density at radius 2 is 2.21 bits per heavy atom. The maximum atomic E-state index is 13.4. The van der Waals surface area contributed by atoms with Crippen molar-refractivity contribution in [1.29, 1.82) is 0 Å². The summed E-state index contributed by atoms with van der Waals surface area (Å²) in [7, 11) is 0. The highest BCUT2D eigenvalue weighted by Crippen LogP contribution is 2.05. The van der Waals surface area contributed by atoms with Gasteiger partial charge >= 0.3 is 0 Å². The third-order valence-corrected chi connectivity index (χ3v) is 2.90. The number of carbonyl (C=O) groups is 1. The van der Waals surface area contributed by atoms with E-state index in [0.29, 0.717) is 6.54 Å². The molecule has 0 saturated heterocycles. The van der Waals surface area contributed by atoms with Crippen LogP contribution in [0.15, 0.2) is 36.7 Å². The van der Waals surface area contributed by atoms with Gasteiger partial charge in [-0.3, -0.25) is 4.79 Å². The summed E-state index contributed by atoms with van der Waals surface area (Å²) >= 11 is 0. The van der Waals surface area contributed by atoms with Crippen LogP contribution in [0.3, 0.4) is 0 Å². The molecule has 19 heavy (non-hydrogen) atoms. The minimum Gasteiger partial charge on any atom is -0.352 e. The molecular weight excluding hydrogens is 245 g/mol. The van der Waals surface area contributed by atoms with Crippen LogP contribution in [-0.4, -0.2) is 22.0 Å². The normalized spacial score (nSPS) is 10.4. The van der Waals surface area contributed by atoms with Gasteiger partial charge in [-0.1, -0.05) is 12.1 Å². The molecule has 0 radical (unpaired) electrons. The van der Waals surface area contributed by atoms with Gasteiger partial charge in [0.2, 0.25) is 0 Å². The number of hydrogen-bond donors (Lipinski definition) is 1. The fourth-order valence-electron chi connectivity index (χ4n) is 1.83. The van der Waals surface area contributed by atoms with Crippen LogP contribution in [0.1, 0.15) is 22.6 Å².